The largest absolute Gasteiger partial charge is 0.497 e. The maximum atomic E-state index is 13.0. The van der Waals surface area contributed by atoms with E-state index in [0.717, 1.165) is 14.8 Å². The first-order valence-electron chi connectivity index (χ1n) is 8.98. The van der Waals surface area contributed by atoms with E-state index in [0.29, 0.717) is 22.9 Å². The van der Waals surface area contributed by atoms with Gasteiger partial charge in [0.2, 0.25) is 0 Å². The zero-order valence-corrected chi connectivity index (χ0v) is 19.2. The molecule has 3 aromatic rings. The fourth-order valence-corrected chi connectivity index (χ4v) is 5.27. The summed E-state index contributed by atoms with van der Waals surface area (Å²) in [6, 6.07) is 15.7. The highest BCUT2D eigenvalue weighted by Gasteiger charge is 2.26. The standard InChI is InChI=1S/C21H22N2O4S3/c1-23(30(25,26)18-10-6-16(27-2)7-11-18)19-12-13-29-20(19)21(24)22-14-15-4-8-17(28-3)9-5-15/h4-13H,14H2,1-3H3,(H,22,24). The molecule has 1 amide bonds. The average molecular weight is 463 g/mol. The smallest absolute Gasteiger partial charge is 0.264 e. The lowest BCUT2D eigenvalue weighted by atomic mass is 10.2. The highest BCUT2D eigenvalue weighted by molar-refractivity contribution is 7.98. The van der Waals surface area contributed by atoms with Gasteiger partial charge in [0.25, 0.3) is 15.9 Å². The Morgan fingerprint density at radius 3 is 2.37 bits per heavy atom. The summed E-state index contributed by atoms with van der Waals surface area (Å²) < 4.78 is 32.2. The van der Waals surface area contributed by atoms with Gasteiger partial charge in [0, 0.05) is 18.5 Å². The molecular formula is C21H22N2O4S3. The summed E-state index contributed by atoms with van der Waals surface area (Å²) in [6.45, 7) is 0.361. The van der Waals surface area contributed by atoms with E-state index in [1.807, 2.05) is 30.5 Å². The molecule has 1 heterocycles. The van der Waals surface area contributed by atoms with Crippen molar-refractivity contribution in [2.45, 2.75) is 16.3 Å². The number of rotatable bonds is 8. The van der Waals surface area contributed by atoms with Gasteiger partial charge >= 0.3 is 0 Å². The van der Waals surface area contributed by atoms with Crippen molar-refractivity contribution in [2.24, 2.45) is 0 Å². The highest BCUT2D eigenvalue weighted by atomic mass is 32.2. The minimum Gasteiger partial charge on any atom is -0.497 e. The van der Waals surface area contributed by atoms with Crippen LogP contribution in [0.4, 0.5) is 5.69 Å². The number of hydrogen-bond donors (Lipinski definition) is 1. The molecule has 0 aliphatic carbocycles. The Bertz CT molecular complexity index is 1110. The van der Waals surface area contributed by atoms with Gasteiger partial charge in [-0.1, -0.05) is 12.1 Å². The second kappa shape index (κ2) is 9.55. The number of benzene rings is 2. The lowest BCUT2D eigenvalue weighted by molar-refractivity contribution is 0.0955. The van der Waals surface area contributed by atoms with Crippen LogP contribution in [0.2, 0.25) is 0 Å². The molecule has 0 saturated heterocycles. The number of amides is 1. The molecule has 0 saturated carbocycles. The van der Waals surface area contributed by atoms with Crippen molar-refractivity contribution in [3.8, 4) is 5.75 Å². The maximum Gasteiger partial charge on any atom is 0.264 e. The fraction of sp³-hybridized carbons (Fsp3) is 0.190. The van der Waals surface area contributed by atoms with Gasteiger partial charge in [-0.15, -0.1) is 23.1 Å². The second-order valence-corrected chi connectivity index (χ2v) is 10.1. The number of anilines is 1. The van der Waals surface area contributed by atoms with Crippen LogP contribution in [-0.4, -0.2) is 34.7 Å². The number of sulfonamides is 1. The molecule has 0 spiro atoms. The van der Waals surface area contributed by atoms with E-state index < -0.39 is 10.0 Å². The third-order valence-corrected chi connectivity index (χ3v) is 7.95. The Kier molecular flexibility index (Phi) is 7.06. The number of methoxy groups -OCH3 is 1. The SMILES string of the molecule is COc1ccc(S(=O)(=O)N(C)c2ccsc2C(=O)NCc2ccc(SC)cc2)cc1. The molecule has 0 bridgehead atoms. The summed E-state index contributed by atoms with van der Waals surface area (Å²) in [5, 5.41) is 4.57. The number of hydrogen-bond acceptors (Lipinski definition) is 6. The molecule has 1 N–H and O–H groups in total. The number of ether oxygens (including phenoxy) is 1. The van der Waals surface area contributed by atoms with Crippen molar-refractivity contribution in [3.63, 3.8) is 0 Å². The normalized spacial score (nSPS) is 11.2. The molecule has 2 aromatic carbocycles. The minimum atomic E-state index is -3.82. The number of thioether (sulfide) groups is 1. The second-order valence-electron chi connectivity index (χ2n) is 6.31. The third kappa shape index (κ3) is 4.80. The molecule has 9 heteroatoms. The Labute approximate surface area is 184 Å². The number of carbonyl (C=O) groups excluding carboxylic acids is 1. The van der Waals surface area contributed by atoms with E-state index >= 15 is 0 Å². The van der Waals surface area contributed by atoms with Gasteiger partial charge in [0.1, 0.15) is 10.6 Å². The van der Waals surface area contributed by atoms with Crippen LogP contribution in [0.15, 0.2) is 69.8 Å². The Morgan fingerprint density at radius 1 is 1.10 bits per heavy atom. The summed E-state index contributed by atoms with van der Waals surface area (Å²) in [6.07, 6.45) is 2.01. The third-order valence-electron chi connectivity index (χ3n) is 4.52. The van der Waals surface area contributed by atoms with Crippen LogP contribution >= 0.6 is 23.1 Å². The lowest BCUT2D eigenvalue weighted by Gasteiger charge is -2.20. The van der Waals surface area contributed by atoms with E-state index in [2.05, 4.69) is 5.32 Å². The van der Waals surface area contributed by atoms with Crippen LogP contribution in [0, 0.1) is 0 Å². The fourth-order valence-electron chi connectivity index (χ4n) is 2.76. The van der Waals surface area contributed by atoms with Crippen molar-refractivity contribution in [3.05, 3.63) is 70.4 Å². The number of carbonyl (C=O) groups is 1. The van der Waals surface area contributed by atoms with Gasteiger partial charge in [0.05, 0.1) is 17.7 Å². The maximum absolute atomic E-state index is 13.0. The first-order chi connectivity index (χ1) is 14.4. The van der Waals surface area contributed by atoms with Crippen LogP contribution in [0.5, 0.6) is 5.75 Å². The van der Waals surface area contributed by atoms with Crippen LogP contribution in [-0.2, 0) is 16.6 Å². The highest BCUT2D eigenvalue weighted by Crippen LogP contribution is 2.30. The molecule has 0 fully saturated rings. The van der Waals surface area contributed by atoms with Gasteiger partial charge in [0.15, 0.2) is 0 Å². The predicted molar refractivity (Wildman–Crippen MR) is 122 cm³/mol. The summed E-state index contributed by atoms with van der Waals surface area (Å²) in [5.74, 6) is 0.253. The molecular weight excluding hydrogens is 440 g/mol. The van der Waals surface area contributed by atoms with Crippen LogP contribution in [0.3, 0.4) is 0 Å². The number of nitrogens with one attached hydrogen (secondary N) is 1. The molecule has 0 aliphatic heterocycles. The summed E-state index contributed by atoms with van der Waals surface area (Å²) in [7, 11) is -0.855. The predicted octanol–water partition coefficient (Wildman–Crippen LogP) is 4.23. The lowest BCUT2D eigenvalue weighted by Crippen LogP contribution is -2.29. The van der Waals surface area contributed by atoms with Crippen LogP contribution in [0.1, 0.15) is 15.2 Å². The molecule has 0 radical (unpaired) electrons. The Hall–Kier alpha value is -2.49. The quantitative estimate of drug-likeness (QED) is 0.507. The van der Waals surface area contributed by atoms with Crippen molar-refractivity contribution in [1.82, 2.24) is 5.32 Å². The Balaban J connectivity index is 1.76. The Morgan fingerprint density at radius 2 is 1.77 bits per heavy atom. The summed E-state index contributed by atoms with van der Waals surface area (Å²) in [4.78, 5) is 14.3. The van der Waals surface area contributed by atoms with Crippen molar-refractivity contribution >= 4 is 44.7 Å². The zero-order valence-electron chi connectivity index (χ0n) is 16.8. The van der Waals surface area contributed by atoms with E-state index in [1.54, 1.807) is 35.3 Å². The molecule has 0 aliphatic rings. The van der Waals surface area contributed by atoms with Crippen LogP contribution in [0.25, 0.3) is 0 Å². The molecule has 3 rings (SSSR count). The summed E-state index contributed by atoms with van der Waals surface area (Å²) in [5.41, 5.74) is 1.31. The molecule has 1 aromatic heterocycles. The first kappa shape index (κ1) is 22.2. The van der Waals surface area contributed by atoms with Crippen molar-refractivity contribution in [1.29, 1.82) is 0 Å². The van der Waals surface area contributed by atoms with Crippen LogP contribution < -0.4 is 14.4 Å². The first-order valence-corrected chi connectivity index (χ1v) is 12.5. The number of nitrogens with zero attached hydrogens (tertiary/aromatic N) is 1. The van der Waals surface area contributed by atoms with Crippen molar-refractivity contribution < 1.29 is 17.9 Å². The van der Waals surface area contributed by atoms with Gasteiger partial charge in [-0.2, -0.15) is 0 Å². The van der Waals surface area contributed by atoms with Gasteiger partial charge < -0.3 is 10.1 Å². The van der Waals surface area contributed by atoms with E-state index in [9.17, 15) is 13.2 Å². The molecule has 30 heavy (non-hydrogen) atoms. The van der Waals surface area contributed by atoms with Gasteiger partial charge in [-0.05, 0) is 59.7 Å². The monoisotopic (exact) mass is 462 g/mol. The minimum absolute atomic E-state index is 0.122. The average Bonchev–Trinajstić information content (AvgIpc) is 3.27. The van der Waals surface area contributed by atoms with Gasteiger partial charge in [-0.25, -0.2) is 8.42 Å². The molecule has 158 valence electrons. The van der Waals surface area contributed by atoms with E-state index in [-0.39, 0.29) is 10.8 Å². The van der Waals surface area contributed by atoms with E-state index in [4.69, 9.17) is 4.74 Å². The molecule has 0 unspecified atom stereocenters. The van der Waals surface area contributed by atoms with Crippen molar-refractivity contribution in [2.75, 3.05) is 24.7 Å². The summed E-state index contributed by atoms with van der Waals surface area (Å²) >= 11 is 2.86. The zero-order chi connectivity index (χ0) is 21.7. The molecule has 0 atom stereocenters. The number of thiophene rings is 1. The van der Waals surface area contributed by atoms with Gasteiger partial charge in [-0.3, -0.25) is 9.10 Å². The van der Waals surface area contributed by atoms with E-state index in [1.165, 1.54) is 37.6 Å². The topological polar surface area (TPSA) is 75.7 Å². The molecule has 6 nitrogen and oxygen atoms in total.